The fraction of sp³-hybridized carbons (Fsp3) is 0.529. The molecule has 0 spiro atoms. The molecule has 1 amide bonds. The average Bonchev–Trinajstić information content (AvgIpc) is 2.48. The first-order valence-electron chi connectivity index (χ1n) is 7.74. The molecule has 1 N–H and O–H groups in total. The molecule has 1 saturated carbocycles. The van der Waals surface area contributed by atoms with E-state index in [9.17, 15) is 14.0 Å². The van der Waals surface area contributed by atoms with Crippen molar-refractivity contribution in [2.75, 3.05) is 6.61 Å². The monoisotopic (exact) mass is 307 g/mol. The topological polar surface area (TPSA) is 55.4 Å². The van der Waals surface area contributed by atoms with Gasteiger partial charge < -0.3 is 10.1 Å². The fourth-order valence-corrected chi connectivity index (χ4v) is 2.79. The number of benzene rings is 1. The van der Waals surface area contributed by atoms with E-state index in [-0.39, 0.29) is 25.0 Å². The maximum absolute atomic E-state index is 13.0. The Bertz CT molecular complexity index is 532. The molecule has 5 heteroatoms. The van der Waals surface area contributed by atoms with Crippen LogP contribution in [0.3, 0.4) is 0 Å². The molecule has 120 valence electrons. The maximum atomic E-state index is 13.0. The number of esters is 1. The molecular weight excluding hydrogens is 285 g/mol. The summed E-state index contributed by atoms with van der Waals surface area (Å²) in [4.78, 5) is 23.5. The molecule has 2 rings (SSSR count). The van der Waals surface area contributed by atoms with E-state index in [0.717, 1.165) is 19.3 Å². The third-order valence-electron chi connectivity index (χ3n) is 4.06. The van der Waals surface area contributed by atoms with Crippen LogP contribution in [0, 0.1) is 11.7 Å². The molecule has 0 aromatic heterocycles. The average molecular weight is 307 g/mol. The lowest BCUT2D eigenvalue weighted by atomic mass is 9.86. The highest BCUT2D eigenvalue weighted by atomic mass is 19.1. The quantitative estimate of drug-likeness (QED) is 0.851. The van der Waals surface area contributed by atoms with E-state index in [0.29, 0.717) is 11.5 Å². The van der Waals surface area contributed by atoms with Gasteiger partial charge in [-0.2, -0.15) is 0 Å². The van der Waals surface area contributed by atoms with Crippen LogP contribution in [0.1, 0.15) is 38.2 Å². The van der Waals surface area contributed by atoms with Gasteiger partial charge in [0.2, 0.25) is 0 Å². The van der Waals surface area contributed by atoms with Gasteiger partial charge in [-0.05, 0) is 36.5 Å². The van der Waals surface area contributed by atoms with Crippen molar-refractivity contribution in [2.45, 2.75) is 45.1 Å². The van der Waals surface area contributed by atoms with Crippen molar-refractivity contribution in [3.63, 3.8) is 0 Å². The molecule has 2 atom stereocenters. The van der Waals surface area contributed by atoms with E-state index in [2.05, 4.69) is 12.2 Å². The van der Waals surface area contributed by atoms with Gasteiger partial charge in [-0.3, -0.25) is 9.59 Å². The van der Waals surface area contributed by atoms with Gasteiger partial charge in [0, 0.05) is 6.04 Å². The molecule has 1 fully saturated rings. The smallest absolute Gasteiger partial charge is 0.310 e. The molecular formula is C17H22FNO3. The van der Waals surface area contributed by atoms with Crippen LogP contribution in [-0.2, 0) is 20.7 Å². The van der Waals surface area contributed by atoms with Crippen LogP contribution in [0.25, 0.3) is 0 Å². The molecule has 0 unspecified atom stereocenters. The third-order valence-corrected chi connectivity index (χ3v) is 4.06. The first-order chi connectivity index (χ1) is 10.5. The minimum absolute atomic E-state index is 0.0368. The Morgan fingerprint density at radius 2 is 2.09 bits per heavy atom. The van der Waals surface area contributed by atoms with Crippen LogP contribution in [0.2, 0.25) is 0 Å². The zero-order chi connectivity index (χ0) is 15.9. The van der Waals surface area contributed by atoms with Crippen molar-refractivity contribution in [3.8, 4) is 0 Å². The number of carbonyl (C=O) groups excluding carboxylic acids is 2. The van der Waals surface area contributed by atoms with Crippen molar-refractivity contribution in [3.05, 3.63) is 35.6 Å². The van der Waals surface area contributed by atoms with Gasteiger partial charge in [-0.25, -0.2) is 4.39 Å². The highest BCUT2D eigenvalue weighted by molar-refractivity contribution is 5.81. The molecule has 22 heavy (non-hydrogen) atoms. The normalized spacial score (nSPS) is 21.2. The summed E-state index contributed by atoms with van der Waals surface area (Å²) >= 11 is 0. The Morgan fingerprint density at radius 1 is 1.32 bits per heavy atom. The van der Waals surface area contributed by atoms with E-state index in [1.165, 1.54) is 24.6 Å². The number of nitrogens with one attached hydrogen (secondary N) is 1. The Morgan fingerprint density at radius 3 is 2.82 bits per heavy atom. The molecule has 1 aliphatic rings. The summed E-state index contributed by atoms with van der Waals surface area (Å²) in [5.41, 5.74) is 0.534. The number of hydrogen-bond donors (Lipinski definition) is 1. The zero-order valence-electron chi connectivity index (χ0n) is 12.8. The number of hydrogen-bond acceptors (Lipinski definition) is 3. The number of halogens is 1. The summed E-state index contributed by atoms with van der Waals surface area (Å²) in [6.45, 7) is 1.84. The van der Waals surface area contributed by atoms with Gasteiger partial charge in [-0.1, -0.05) is 31.9 Å². The molecule has 0 saturated heterocycles. The lowest BCUT2D eigenvalue weighted by molar-refractivity contribution is -0.148. The van der Waals surface area contributed by atoms with Gasteiger partial charge >= 0.3 is 5.97 Å². The molecule has 0 radical (unpaired) electrons. The molecule has 1 aromatic carbocycles. The summed E-state index contributed by atoms with van der Waals surface area (Å²) in [7, 11) is 0. The Kier molecular flexibility index (Phi) is 5.92. The third kappa shape index (κ3) is 5.13. The predicted molar refractivity (Wildman–Crippen MR) is 80.6 cm³/mol. The Hall–Kier alpha value is -1.91. The van der Waals surface area contributed by atoms with Gasteiger partial charge in [0.1, 0.15) is 5.82 Å². The second-order valence-corrected chi connectivity index (χ2v) is 5.90. The van der Waals surface area contributed by atoms with Gasteiger partial charge in [0.15, 0.2) is 6.61 Å². The molecule has 0 heterocycles. The number of ether oxygens (including phenoxy) is 1. The lowest BCUT2D eigenvalue weighted by Crippen LogP contribution is -2.42. The SMILES string of the molecule is C[C@H]1CCCC[C@H]1NC(=O)COC(=O)Cc1cccc(F)c1. The number of rotatable bonds is 5. The largest absolute Gasteiger partial charge is 0.455 e. The van der Waals surface area contributed by atoms with E-state index in [4.69, 9.17) is 4.74 Å². The molecule has 1 aliphatic carbocycles. The zero-order valence-corrected chi connectivity index (χ0v) is 12.8. The molecule has 0 bridgehead atoms. The van der Waals surface area contributed by atoms with E-state index in [1.807, 2.05) is 0 Å². The highest BCUT2D eigenvalue weighted by Crippen LogP contribution is 2.23. The summed E-state index contributed by atoms with van der Waals surface area (Å²) in [5.74, 6) is -0.737. The van der Waals surface area contributed by atoms with Crippen LogP contribution >= 0.6 is 0 Å². The van der Waals surface area contributed by atoms with E-state index in [1.54, 1.807) is 6.07 Å². The standard InChI is InChI=1S/C17H22FNO3/c1-12-5-2-3-8-15(12)19-16(20)11-22-17(21)10-13-6-4-7-14(18)9-13/h4,6-7,9,12,15H,2-3,5,8,10-11H2,1H3,(H,19,20)/t12-,15+/m0/s1. The molecule has 1 aromatic rings. The van der Waals surface area contributed by atoms with Crippen molar-refractivity contribution >= 4 is 11.9 Å². The second kappa shape index (κ2) is 7.92. The number of amides is 1. The summed E-state index contributed by atoms with van der Waals surface area (Å²) < 4.78 is 18.0. The summed E-state index contributed by atoms with van der Waals surface area (Å²) in [6.07, 6.45) is 4.38. The second-order valence-electron chi connectivity index (χ2n) is 5.90. The van der Waals surface area contributed by atoms with Crippen molar-refractivity contribution in [1.82, 2.24) is 5.32 Å². The van der Waals surface area contributed by atoms with Crippen LogP contribution < -0.4 is 5.32 Å². The Balaban J connectivity index is 1.72. The Labute approximate surface area is 130 Å². The van der Waals surface area contributed by atoms with Gasteiger partial charge in [-0.15, -0.1) is 0 Å². The fourth-order valence-electron chi connectivity index (χ4n) is 2.79. The lowest BCUT2D eigenvalue weighted by Gasteiger charge is -2.29. The van der Waals surface area contributed by atoms with Crippen LogP contribution in [0.15, 0.2) is 24.3 Å². The van der Waals surface area contributed by atoms with Crippen LogP contribution in [0.5, 0.6) is 0 Å². The van der Waals surface area contributed by atoms with Gasteiger partial charge in [0.25, 0.3) is 5.91 Å². The molecule has 4 nitrogen and oxygen atoms in total. The highest BCUT2D eigenvalue weighted by Gasteiger charge is 2.23. The van der Waals surface area contributed by atoms with E-state index >= 15 is 0 Å². The molecule has 0 aliphatic heterocycles. The first-order valence-corrected chi connectivity index (χ1v) is 7.74. The van der Waals surface area contributed by atoms with Crippen molar-refractivity contribution in [1.29, 1.82) is 0 Å². The van der Waals surface area contributed by atoms with Crippen molar-refractivity contribution < 1.29 is 18.7 Å². The minimum Gasteiger partial charge on any atom is -0.455 e. The minimum atomic E-state index is -0.530. The van der Waals surface area contributed by atoms with Crippen molar-refractivity contribution in [2.24, 2.45) is 5.92 Å². The number of carbonyl (C=O) groups is 2. The predicted octanol–water partition coefficient (Wildman–Crippen LogP) is 2.61. The van der Waals surface area contributed by atoms with Crippen LogP contribution in [0.4, 0.5) is 4.39 Å². The van der Waals surface area contributed by atoms with Crippen LogP contribution in [-0.4, -0.2) is 24.5 Å². The summed E-state index contributed by atoms with van der Waals surface area (Å²) in [6, 6.07) is 5.95. The maximum Gasteiger partial charge on any atom is 0.310 e. The first kappa shape index (κ1) is 16.5. The van der Waals surface area contributed by atoms with Gasteiger partial charge in [0.05, 0.1) is 6.42 Å². The van der Waals surface area contributed by atoms with E-state index < -0.39 is 11.8 Å². The summed E-state index contributed by atoms with van der Waals surface area (Å²) in [5, 5.41) is 2.92.